The Bertz CT molecular complexity index is 618. The largest absolute Gasteiger partial charge is 0.393 e. The van der Waals surface area contributed by atoms with Gasteiger partial charge in [-0.25, -0.2) is 0 Å². The van der Waals surface area contributed by atoms with Crippen molar-refractivity contribution in [2.45, 2.75) is 69.8 Å². The number of likely N-dealkylation sites (tertiary alicyclic amines) is 2. The van der Waals surface area contributed by atoms with Crippen LogP contribution in [-0.4, -0.2) is 64.8 Å². The van der Waals surface area contributed by atoms with Gasteiger partial charge in [-0.3, -0.25) is 4.79 Å². The van der Waals surface area contributed by atoms with Gasteiger partial charge in [-0.2, -0.15) is 0 Å². The lowest BCUT2D eigenvalue weighted by atomic mass is 9.87. The molecule has 1 atom stereocenters. The molecule has 0 radical (unpaired) electrons. The van der Waals surface area contributed by atoms with Crippen molar-refractivity contribution in [1.29, 1.82) is 0 Å². The number of nitrogens with zero attached hydrogens (tertiary/aromatic N) is 3. The second kappa shape index (κ2) is 8.74. The molecule has 3 aliphatic rings. The number of carbonyl (C=O) groups is 1. The van der Waals surface area contributed by atoms with Crippen molar-refractivity contribution in [3.63, 3.8) is 0 Å². The predicted molar refractivity (Wildman–Crippen MR) is 103 cm³/mol. The second-order valence-electron chi connectivity index (χ2n) is 8.74. The lowest BCUT2D eigenvalue weighted by Crippen LogP contribution is -2.40. The molecule has 1 unspecified atom stereocenters. The van der Waals surface area contributed by atoms with Crippen LogP contribution in [0, 0.1) is 5.92 Å². The highest BCUT2D eigenvalue weighted by molar-refractivity contribution is 5.91. The molecule has 3 fully saturated rings. The number of hydrogen-bond acceptors (Lipinski definition) is 5. The molecule has 0 bridgehead atoms. The molecule has 1 aromatic rings. The molecular weight excluding hydrogens is 342 g/mol. The summed E-state index contributed by atoms with van der Waals surface area (Å²) in [6.45, 7) is 4.62. The normalized spacial score (nSPS) is 26.4. The highest BCUT2D eigenvalue weighted by Gasteiger charge is 2.29. The number of piperidine rings is 2. The van der Waals surface area contributed by atoms with E-state index < -0.39 is 0 Å². The van der Waals surface area contributed by atoms with Gasteiger partial charge in [0.2, 0.25) is 5.76 Å². The van der Waals surface area contributed by atoms with Crippen LogP contribution in [0.4, 0.5) is 0 Å². The van der Waals surface area contributed by atoms with E-state index in [1.165, 1.54) is 51.6 Å². The van der Waals surface area contributed by atoms with Crippen LogP contribution < -0.4 is 0 Å². The van der Waals surface area contributed by atoms with Gasteiger partial charge in [-0.15, -0.1) is 0 Å². The summed E-state index contributed by atoms with van der Waals surface area (Å²) in [5, 5.41) is 13.9. The number of amides is 1. The molecule has 1 N–H and O–H groups in total. The minimum atomic E-state index is -0.281. The van der Waals surface area contributed by atoms with E-state index in [0.29, 0.717) is 37.6 Å². The summed E-state index contributed by atoms with van der Waals surface area (Å²) in [4.78, 5) is 17.0. The number of aliphatic hydroxyl groups is 1. The van der Waals surface area contributed by atoms with Crippen LogP contribution in [0.1, 0.15) is 80.0 Å². The zero-order valence-electron chi connectivity index (χ0n) is 16.3. The standard InChI is InChI=1S/C21H33N3O3/c25-18-8-11-24(12-9-18)21(26)20-13-19(22-27-20)17-7-4-10-23(15-17)14-16-5-2-1-3-6-16/h13,16-18,25H,1-12,14-15H2. The van der Waals surface area contributed by atoms with E-state index in [1.54, 1.807) is 4.90 Å². The Labute approximate surface area is 161 Å². The van der Waals surface area contributed by atoms with E-state index in [9.17, 15) is 9.90 Å². The maximum Gasteiger partial charge on any atom is 0.292 e. The van der Waals surface area contributed by atoms with Crippen LogP contribution in [-0.2, 0) is 0 Å². The molecule has 1 saturated carbocycles. The van der Waals surface area contributed by atoms with Crippen molar-refractivity contribution < 1.29 is 14.4 Å². The highest BCUT2D eigenvalue weighted by atomic mass is 16.5. The monoisotopic (exact) mass is 375 g/mol. The van der Waals surface area contributed by atoms with Crippen molar-refractivity contribution in [2.24, 2.45) is 5.92 Å². The summed E-state index contributed by atoms with van der Waals surface area (Å²) in [6, 6.07) is 1.86. The quantitative estimate of drug-likeness (QED) is 0.876. The molecule has 6 nitrogen and oxygen atoms in total. The van der Waals surface area contributed by atoms with E-state index in [-0.39, 0.29) is 12.0 Å². The van der Waals surface area contributed by atoms with Crippen LogP contribution in [0.5, 0.6) is 0 Å². The average molecular weight is 376 g/mol. The molecule has 6 heteroatoms. The van der Waals surface area contributed by atoms with E-state index in [0.717, 1.165) is 24.6 Å². The topological polar surface area (TPSA) is 69.8 Å². The first-order valence-electron chi connectivity index (χ1n) is 10.9. The molecule has 1 aromatic heterocycles. The third-order valence-corrected chi connectivity index (χ3v) is 6.66. The van der Waals surface area contributed by atoms with Crippen molar-refractivity contribution in [3.8, 4) is 0 Å². The number of aromatic nitrogens is 1. The van der Waals surface area contributed by atoms with Crippen molar-refractivity contribution in [3.05, 3.63) is 17.5 Å². The van der Waals surface area contributed by atoms with E-state index in [1.807, 2.05) is 6.07 Å². The van der Waals surface area contributed by atoms with Crippen molar-refractivity contribution in [1.82, 2.24) is 15.0 Å². The minimum absolute atomic E-state index is 0.0875. The van der Waals surface area contributed by atoms with E-state index >= 15 is 0 Å². The van der Waals surface area contributed by atoms with Crippen molar-refractivity contribution >= 4 is 5.91 Å². The van der Waals surface area contributed by atoms with Gasteiger partial charge in [0.05, 0.1) is 11.8 Å². The smallest absolute Gasteiger partial charge is 0.292 e. The third-order valence-electron chi connectivity index (χ3n) is 6.66. The van der Waals surface area contributed by atoms with Gasteiger partial charge in [0.15, 0.2) is 0 Å². The predicted octanol–water partition coefficient (Wildman–Crippen LogP) is 3.03. The van der Waals surface area contributed by atoms with Crippen molar-refractivity contribution in [2.75, 3.05) is 32.7 Å². The molecule has 3 heterocycles. The number of carbonyl (C=O) groups excluding carboxylic acids is 1. The first kappa shape index (κ1) is 18.9. The van der Waals surface area contributed by atoms with Gasteiger partial charge >= 0.3 is 0 Å². The zero-order valence-corrected chi connectivity index (χ0v) is 16.3. The van der Waals surface area contributed by atoms with Gasteiger partial charge in [0, 0.05) is 38.2 Å². The Hall–Kier alpha value is -1.40. The Morgan fingerprint density at radius 1 is 1.07 bits per heavy atom. The second-order valence-corrected chi connectivity index (χ2v) is 8.74. The summed E-state index contributed by atoms with van der Waals surface area (Å²) >= 11 is 0. The Balaban J connectivity index is 1.33. The molecule has 2 aliphatic heterocycles. The SMILES string of the molecule is O=C(c1cc(C2CCCN(CC3CCCCC3)C2)no1)N1CCC(O)CC1. The van der Waals surface area contributed by atoms with Gasteiger partial charge < -0.3 is 19.4 Å². The van der Waals surface area contributed by atoms with E-state index in [2.05, 4.69) is 10.1 Å². The highest BCUT2D eigenvalue weighted by Crippen LogP contribution is 2.30. The molecule has 2 saturated heterocycles. The maximum atomic E-state index is 12.6. The fourth-order valence-corrected chi connectivity index (χ4v) is 5.00. The molecule has 4 rings (SSSR count). The van der Waals surface area contributed by atoms with Gasteiger partial charge in [0.25, 0.3) is 5.91 Å². The molecule has 0 spiro atoms. The molecule has 27 heavy (non-hydrogen) atoms. The summed E-state index contributed by atoms with van der Waals surface area (Å²) in [6.07, 6.45) is 10.3. The minimum Gasteiger partial charge on any atom is -0.393 e. The Morgan fingerprint density at radius 2 is 1.85 bits per heavy atom. The van der Waals surface area contributed by atoms with E-state index in [4.69, 9.17) is 4.52 Å². The number of hydrogen-bond donors (Lipinski definition) is 1. The third kappa shape index (κ3) is 4.72. The molecule has 1 amide bonds. The number of rotatable bonds is 4. The van der Waals surface area contributed by atoms with Crippen LogP contribution in [0.15, 0.2) is 10.6 Å². The van der Waals surface area contributed by atoms with Gasteiger partial charge in [0.1, 0.15) is 0 Å². The number of aliphatic hydroxyl groups excluding tert-OH is 1. The molecular formula is C21H33N3O3. The molecule has 1 aliphatic carbocycles. The van der Waals surface area contributed by atoms with Crippen LogP contribution in [0.2, 0.25) is 0 Å². The first-order valence-corrected chi connectivity index (χ1v) is 10.9. The summed E-state index contributed by atoms with van der Waals surface area (Å²) in [7, 11) is 0. The lowest BCUT2D eigenvalue weighted by Gasteiger charge is -2.35. The fraction of sp³-hybridized carbons (Fsp3) is 0.810. The molecule has 150 valence electrons. The first-order chi connectivity index (χ1) is 13.2. The Kier molecular flexibility index (Phi) is 6.13. The maximum absolute atomic E-state index is 12.6. The summed E-state index contributed by atoms with van der Waals surface area (Å²) < 4.78 is 5.42. The summed E-state index contributed by atoms with van der Waals surface area (Å²) in [5.41, 5.74) is 0.934. The zero-order chi connectivity index (χ0) is 18.6. The summed E-state index contributed by atoms with van der Waals surface area (Å²) in [5.74, 6) is 1.50. The lowest BCUT2D eigenvalue weighted by molar-refractivity contribution is 0.0512. The van der Waals surface area contributed by atoms with Crippen LogP contribution in [0.3, 0.4) is 0 Å². The molecule has 0 aromatic carbocycles. The van der Waals surface area contributed by atoms with Gasteiger partial charge in [-0.1, -0.05) is 24.4 Å². The fourth-order valence-electron chi connectivity index (χ4n) is 5.00. The van der Waals surface area contributed by atoms with Gasteiger partial charge in [-0.05, 0) is 51.0 Å². The van der Waals surface area contributed by atoms with Crippen LogP contribution in [0.25, 0.3) is 0 Å². The van der Waals surface area contributed by atoms with Crippen LogP contribution >= 0.6 is 0 Å². The average Bonchev–Trinajstić information content (AvgIpc) is 3.19. The Morgan fingerprint density at radius 3 is 2.63 bits per heavy atom.